The first kappa shape index (κ1) is 16.7. The van der Waals surface area contributed by atoms with E-state index in [1.165, 1.54) is 4.90 Å². The molecule has 1 aliphatic heterocycles. The zero-order chi connectivity index (χ0) is 15.2. The van der Waals surface area contributed by atoms with E-state index in [4.69, 9.17) is 5.11 Å². The Morgan fingerprint density at radius 2 is 1.85 bits per heavy atom. The summed E-state index contributed by atoms with van der Waals surface area (Å²) < 4.78 is 39.9. The SMILES string of the molecule is O=C(O)CN1CCCN(C(=O)COCC(F)(F)F)CC1. The van der Waals surface area contributed by atoms with Crippen LogP contribution in [0.5, 0.6) is 0 Å². The third-order valence-corrected chi connectivity index (χ3v) is 2.79. The summed E-state index contributed by atoms with van der Waals surface area (Å²) in [5, 5.41) is 8.68. The Labute approximate surface area is 114 Å². The van der Waals surface area contributed by atoms with Crippen LogP contribution in [0, 0.1) is 0 Å². The Kier molecular flexibility index (Phi) is 6.21. The average Bonchev–Trinajstić information content (AvgIpc) is 2.52. The van der Waals surface area contributed by atoms with Crippen LogP contribution in [0.2, 0.25) is 0 Å². The number of carbonyl (C=O) groups excluding carboxylic acids is 1. The summed E-state index contributed by atoms with van der Waals surface area (Å²) in [7, 11) is 0. The zero-order valence-corrected chi connectivity index (χ0v) is 10.9. The fourth-order valence-electron chi connectivity index (χ4n) is 1.92. The molecule has 1 rings (SSSR count). The first-order valence-corrected chi connectivity index (χ1v) is 6.14. The lowest BCUT2D eigenvalue weighted by molar-refractivity contribution is -0.177. The van der Waals surface area contributed by atoms with E-state index < -0.39 is 31.3 Å². The van der Waals surface area contributed by atoms with Crippen LogP contribution in [0.25, 0.3) is 0 Å². The molecule has 0 unspecified atom stereocenters. The van der Waals surface area contributed by atoms with Gasteiger partial charge in [-0.2, -0.15) is 13.2 Å². The van der Waals surface area contributed by atoms with Crippen molar-refractivity contribution in [2.75, 3.05) is 45.9 Å². The minimum Gasteiger partial charge on any atom is -0.480 e. The molecule has 1 N–H and O–H groups in total. The van der Waals surface area contributed by atoms with Crippen LogP contribution in [-0.4, -0.2) is 78.9 Å². The molecule has 20 heavy (non-hydrogen) atoms. The highest BCUT2D eigenvalue weighted by atomic mass is 19.4. The number of hydrogen-bond donors (Lipinski definition) is 1. The molecule has 0 aliphatic carbocycles. The molecule has 0 aromatic rings. The average molecular weight is 298 g/mol. The van der Waals surface area contributed by atoms with Crippen LogP contribution >= 0.6 is 0 Å². The van der Waals surface area contributed by atoms with Gasteiger partial charge in [0.1, 0.15) is 13.2 Å². The third-order valence-electron chi connectivity index (χ3n) is 2.79. The van der Waals surface area contributed by atoms with E-state index in [1.54, 1.807) is 4.90 Å². The molecule has 0 saturated carbocycles. The van der Waals surface area contributed by atoms with E-state index in [-0.39, 0.29) is 6.54 Å². The lowest BCUT2D eigenvalue weighted by Crippen LogP contribution is -2.38. The maximum absolute atomic E-state index is 11.9. The molecule has 0 bridgehead atoms. The minimum absolute atomic E-state index is 0.105. The highest BCUT2D eigenvalue weighted by molar-refractivity contribution is 5.77. The summed E-state index contributed by atoms with van der Waals surface area (Å²) in [6, 6.07) is 0. The highest BCUT2D eigenvalue weighted by Crippen LogP contribution is 2.14. The number of ether oxygens (including phenoxy) is 1. The van der Waals surface area contributed by atoms with Crippen molar-refractivity contribution in [3.63, 3.8) is 0 Å². The van der Waals surface area contributed by atoms with Crippen molar-refractivity contribution in [1.29, 1.82) is 0 Å². The van der Waals surface area contributed by atoms with E-state index in [2.05, 4.69) is 4.74 Å². The van der Waals surface area contributed by atoms with E-state index in [0.29, 0.717) is 32.6 Å². The second-order valence-corrected chi connectivity index (χ2v) is 4.51. The van der Waals surface area contributed by atoms with E-state index in [0.717, 1.165) is 0 Å². The van der Waals surface area contributed by atoms with Gasteiger partial charge in [0, 0.05) is 26.2 Å². The number of aliphatic carboxylic acids is 1. The van der Waals surface area contributed by atoms with Gasteiger partial charge in [-0.3, -0.25) is 14.5 Å². The summed E-state index contributed by atoms with van der Waals surface area (Å²) in [6.45, 7) is -0.550. The first-order chi connectivity index (χ1) is 9.28. The molecule has 0 radical (unpaired) electrons. The number of carbonyl (C=O) groups is 2. The maximum Gasteiger partial charge on any atom is 0.411 e. The number of rotatable bonds is 5. The predicted molar refractivity (Wildman–Crippen MR) is 62.1 cm³/mol. The normalized spacial score (nSPS) is 17.9. The number of hydrogen-bond acceptors (Lipinski definition) is 4. The van der Waals surface area contributed by atoms with Crippen molar-refractivity contribution in [2.45, 2.75) is 12.6 Å². The second-order valence-electron chi connectivity index (χ2n) is 4.51. The van der Waals surface area contributed by atoms with Crippen molar-refractivity contribution in [2.24, 2.45) is 0 Å². The molecule has 116 valence electrons. The van der Waals surface area contributed by atoms with Crippen LogP contribution in [-0.2, 0) is 14.3 Å². The summed E-state index contributed by atoms with van der Waals surface area (Å²) in [5.74, 6) is -1.45. The molecule has 6 nitrogen and oxygen atoms in total. The fourth-order valence-corrected chi connectivity index (χ4v) is 1.92. The number of nitrogens with zero attached hydrogens (tertiary/aromatic N) is 2. The monoisotopic (exact) mass is 298 g/mol. The van der Waals surface area contributed by atoms with E-state index >= 15 is 0 Å². The van der Waals surface area contributed by atoms with Gasteiger partial charge in [-0.25, -0.2) is 0 Å². The van der Waals surface area contributed by atoms with Crippen molar-refractivity contribution < 1.29 is 32.6 Å². The Balaban J connectivity index is 2.33. The van der Waals surface area contributed by atoms with Crippen molar-refractivity contribution >= 4 is 11.9 Å². The highest BCUT2D eigenvalue weighted by Gasteiger charge is 2.28. The molecule has 1 fully saturated rings. The maximum atomic E-state index is 11.9. The van der Waals surface area contributed by atoms with Crippen LogP contribution in [0.1, 0.15) is 6.42 Å². The third kappa shape index (κ3) is 6.71. The summed E-state index contributed by atoms with van der Waals surface area (Å²) >= 11 is 0. The van der Waals surface area contributed by atoms with Crippen molar-refractivity contribution in [1.82, 2.24) is 9.80 Å². The molecule has 0 aromatic carbocycles. The Bertz CT molecular complexity index is 349. The topological polar surface area (TPSA) is 70.1 Å². The van der Waals surface area contributed by atoms with Crippen molar-refractivity contribution in [3.05, 3.63) is 0 Å². The lowest BCUT2D eigenvalue weighted by Gasteiger charge is -2.21. The zero-order valence-electron chi connectivity index (χ0n) is 10.9. The fraction of sp³-hybridized carbons (Fsp3) is 0.818. The van der Waals surface area contributed by atoms with Gasteiger partial charge >= 0.3 is 12.1 Å². The summed E-state index contributed by atoms with van der Waals surface area (Å²) in [4.78, 5) is 25.3. The van der Waals surface area contributed by atoms with Gasteiger partial charge < -0.3 is 14.7 Å². The molecular formula is C11H17F3N2O4. The van der Waals surface area contributed by atoms with Crippen LogP contribution in [0.3, 0.4) is 0 Å². The molecule has 1 aliphatic rings. The van der Waals surface area contributed by atoms with Gasteiger partial charge in [-0.05, 0) is 6.42 Å². The van der Waals surface area contributed by atoms with Crippen LogP contribution in [0.4, 0.5) is 13.2 Å². The Morgan fingerprint density at radius 1 is 1.15 bits per heavy atom. The van der Waals surface area contributed by atoms with E-state index in [9.17, 15) is 22.8 Å². The minimum atomic E-state index is -4.45. The standard InChI is InChI=1S/C11H17F3N2O4/c12-11(13,14)8-20-7-9(17)16-3-1-2-15(4-5-16)6-10(18)19/h1-8H2,(H,18,19). The molecule has 0 aromatic heterocycles. The smallest absolute Gasteiger partial charge is 0.411 e. The Hall–Kier alpha value is -1.35. The molecule has 0 spiro atoms. The molecule has 0 atom stereocenters. The molecule has 1 saturated heterocycles. The Morgan fingerprint density at radius 3 is 2.45 bits per heavy atom. The number of halogens is 3. The number of carboxylic acids is 1. The quantitative estimate of drug-likeness (QED) is 0.784. The summed E-state index contributed by atoms with van der Waals surface area (Å²) in [6.07, 6.45) is -3.87. The lowest BCUT2D eigenvalue weighted by atomic mass is 10.4. The first-order valence-electron chi connectivity index (χ1n) is 6.14. The van der Waals surface area contributed by atoms with Gasteiger partial charge in [0.05, 0.1) is 6.54 Å². The second kappa shape index (κ2) is 7.44. The molecule has 1 heterocycles. The van der Waals surface area contributed by atoms with Gasteiger partial charge in [0.25, 0.3) is 0 Å². The van der Waals surface area contributed by atoms with Crippen LogP contribution in [0.15, 0.2) is 0 Å². The number of amides is 1. The molecule has 9 heteroatoms. The van der Waals surface area contributed by atoms with Gasteiger partial charge in [0.15, 0.2) is 0 Å². The van der Waals surface area contributed by atoms with Gasteiger partial charge in [-0.1, -0.05) is 0 Å². The van der Waals surface area contributed by atoms with Gasteiger partial charge in [-0.15, -0.1) is 0 Å². The summed E-state index contributed by atoms with van der Waals surface area (Å²) in [5.41, 5.74) is 0. The number of alkyl halides is 3. The van der Waals surface area contributed by atoms with E-state index in [1.807, 2.05) is 0 Å². The van der Waals surface area contributed by atoms with Crippen LogP contribution < -0.4 is 0 Å². The molecule has 1 amide bonds. The molecular weight excluding hydrogens is 281 g/mol. The van der Waals surface area contributed by atoms with Gasteiger partial charge in [0.2, 0.25) is 5.91 Å². The predicted octanol–water partition coefficient (Wildman–Crippen LogP) is 0.184. The largest absolute Gasteiger partial charge is 0.480 e. The van der Waals surface area contributed by atoms with Crippen molar-refractivity contribution in [3.8, 4) is 0 Å². The number of carboxylic acid groups (broad SMARTS) is 1.